The normalized spacial score (nSPS) is 11.9. The monoisotopic (exact) mass is 578 g/mol. The fourth-order valence-electron chi connectivity index (χ4n) is 6.37. The summed E-state index contributed by atoms with van der Waals surface area (Å²) in [6.07, 6.45) is 0. The van der Waals surface area contributed by atoms with Crippen LogP contribution in [0.4, 0.5) is 0 Å². The third kappa shape index (κ3) is 4.45. The lowest BCUT2D eigenvalue weighted by Gasteiger charge is -2.21. The predicted molar refractivity (Wildman–Crippen MR) is 182 cm³/mol. The zero-order chi connectivity index (χ0) is 29.7. The van der Waals surface area contributed by atoms with Gasteiger partial charge in [0.2, 0.25) is 0 Å². The summed E-state index contributed by atoms with van der Waals surface area (Å²) in [5, 5.41) is 2.22. The summed E-state index contributed by atoms with van der Waals surface area (Å²) in [7, 11) is 0. The van der Waals surface area contributed by atoms with Gasteiger partial charge in [-0.05, 0) is 105 Å². The summed E-state index contributed by atoms with van der Waals surface area (Å²) in [5.41, 5.74) is 13.0. The topological polar surface area (TPSA) is 31.6 Å². The lowest BCUT2D eigenvalue weighted by molar-refractivity contribution is -0.102. The van der Waals surface area contributed by atoms with Gasteiger partial charge in [-0.2, -0.15) is 0 Å². The minimum Gasteiger partial charge on any atom is -0.456 e. The van der Waals surface area contributed by atoms with Gasteiger partial charge in [-0.15, -0.1) is 0 Å². The third-order valence-electron chi connectivity index (χ3n) is 8.66. The summed E-state index contributed by atoms with van der Waals surface area (Å²) in [4.78, 5) is 11.5. The first-order valence-corrected chi connectivity index (χ1v) is 15.1. The summed E-state index contributed by atoms with van der Waals surface area (Å²) in [6.45, 7) is 0. The Kier molecular flexibility index (Phi) is 5.82. The summed E-state index contributed by atoms with van der Waals surface area (Å²) in [5.74, 6) is 1.39. The van der Waals surface area contributed by atoms with E-state index in [1.807, 2.05) is 30.3 Å². The van der Waals surface area contributed by atoms with Crippen LogP contribution in [0.2, 0.25) is 0 Å². The molecule has 7 aromatic carbocycles. The van der Waals surface area contributed by atoms with Gasteiger partial charge in [0.15, 0.2) is 11.5 Å². The molecule has 3 nitrogen and oxygen atoms in total. The van der Waals surface area contributed by atoms with E-state index in [-0.39, 0.29) is 0 Å². The van der Waals surface area contributed by atoms with Crippen molar-refractivity contribution in [2.24, 2.45) is 0 Å². The lowest BCUT2D eigenvalue weighted by Crippen LogP contribution is -2.08. The van der Waals surface area contributed by atoms with Crippen molar-refractivity contribution in [3.63, 3.8) is 0 Å². The Hall–Kier alpha value is -6.06. The van der Waals surface area contributed by atoms with E-state index in [9.17, 15) is 0 Å². The van der Waals surface area contributed by atoms with Gasteiger partial charge in [0.25, 0.3) is 0 Å². The van der Waals surface area contributed by atoms with Crippen LogP contribution in [0.15, 0.2) is 162 Å². The summed E-state index contributed by atoms with van der Waals surface area (Å²) < 4.78 is 6.07. The van der Waals surface area contributed by atoms with Gasteiger partial charge < -0.3 is 4.42 Å². The van der Waals surface area contributed by atoms with Crippen LogP contribution in [0.3, 0.4) is 0 Å². The van der Waals surface area contributed by atoms with Gasteiger partial charge in [0.05, 0.1) is 0 Å². The first kappa shape index (κ1) is 25.4. The molecule has 0 fully saturated rings. The summed E-state index contributed by atoms with van der Waals surface area (Å²) >= 11 is 0. The Morgan fingerprint density at radius 3 is 1.38 bits per heavy atom. The van der Waals surface area contributed by atoms with Gasteiger partial charge in [-0.25, -0.2) is 0 Å². The molecular formula is C42H26O3. The second kappa shape index (κ2) is 10.3. The fourth-order valence-corrected chi connectivity index (χ4v) is 6.37. The SMILES string of the molecule is c1ccc(-c2cc(-c3ccccc3)cc(-c3ccc4c(c3)-c3cc(-c5ccc6oc7ccccc7c6c5)ccc3OO4)c2)cc1. The number of para-hydroxylation sites is 1. The van der Waals surface area contributed by atoms with E-state index >= 15 is 0 Å². The van der Waals surface area contributed by atoms with Crippen LogP contribution >= 0.6 is 0 Å². The molecule has 0 aliphatic carbocycles. The highest BCUT2D eigenvalue weighted by molar-refractivity contribution is 6.06. The fraction of sp³-hybridized carbons (Fsp3) is 0. The first-order chi connectivity index (χ1) is 22.3. The van der Waals surface area contributed by atoms with Crippen LogP contribution in [0.5, 0.6) is 11.5 Å². The minimum absolute atomic E-state index is 0.696. The van der Waals surface area contributed by atoms with E-state index in [0.29, 0.717) is 11.5 Å². The van der Waals surface area contributed by atoms with Gasteiger partial charge in [-0.1, -0.05) is 97.1 Å². The van der Waals surface area contributed by atoms with Crippen LogP contribution in [0.1, 0.15) is 0 Å². The maximum atomic E-state index is 6.07. The maximum Gasteiger partial charge on any atom is 0.186 e. The summed E-state index contributed by atoms with van der Waals surface area (Å²) in [6, 6.07) is 55.0. The molecule has 1 aliphatic rings. The van der Waals surface area contributed by atoms with Gasteiger partial charge in [0, 0.05) is 21.9 Å². The number of benzene rings is 7. The number of fused-ring (bicyclic) bond motifs is 6. The molecule has 0 bridgehead atoms. The van der Waals surface area contributed by atoms with Crippen molar-refractivity contribution >= 4 is 21.9 Å². The minimum atomic E-state index is 0.696. The molecule has 0 saturated heterocycles. The highest BCUT2D eigenvalue weighted by atomic mass is 17.2. The molecule has 0 amide bonds. The Labute approximate surface area is 260 Å². The van der Waals surface area contributed by atoms with E-state index in [4.69, 9.17) is 14.2 Å². The molecule has 1 aromatic heterocycles. The van der Waals surface area contributed by atoms with Crippen LogP contribution in [0.25, 0.3) is 77.6 Å². The van der Waals surface area contributed by atoms with Crippen LogP contribution in [-0.4, -0.2) is 0 Å². The van der Waals surface area contributed by atoms with Crippen molar-refractivity contribution in [3.8, 4) is 67.1 Å². The quantitative estimate of drug-likeness (QED) is 0.195. The maximum absolute atomic E-state index is 6.07. The largest absolute Gasteiger partial charge is 0.456 e. The highest BCUT2D eigenvalue weighted by Crippen LogP contribution is 2.45. The average Bonchev–Trinajstić information content (AvgIpc) is 3.50. The molecule has 0 atom stereocenters. The molecule has 0 unspecified atom stereocenters. The van der Waals surface area contributed by atoms with Crippen LogP contribution < -0.4 is 9.78 Å². The molecular weight excluding hydrogens is 552 g/mol. The molecule has 9 rings (SSSR count). The van der Waals surface area contributed by atoms with Crippen LogP contribution in [0, 0.1) is 0 Å². The Morgan fingerprint density at radius 2 is 0.756 bits per heavy atom. The second-order valence-electron chi connectivity index (χ2n) is 11.4. The first-order valence-electron chi connectivity index (χ1n) is 15.1. The van der Waals surface area contributed by atoms with E-state index in [0.717, 1.165) is 55.3 Å². The number of hydrogen-bond donors (Lipinski definition) is 0. The Morgan fingerprint density at radius 1 is 0.289 bits per heavy atom. The zero-order valence-corrected chi connectivity index (χ0v) is 24.2. The average molecular weight is 579 g/mol. The van der Waals surface area contributed by atoms with Crippen molar-refractivity contribution < 1.29 is 14.2 Å². The molecule has 3 heteroatoms. The van der Waals surface area contributed by atoms with Crippen molar-refractivity contribution in [2.45, 2.75) is 0 Å². The van der Waals surface area contributed by atoms with E-state index in [1.54, 1.807) is 0 Å². The highest BCUT2D eigenvalue weighted by Gasteiger charge is 2.22. The molecule has 0 radical (unpaired) electrons. The number of rotatable bonds is 4. The van der Waals surface area contributed by atoms with Crippen molar-refractivity contribution in [3.05, 3.63) is 158 Å². The molecule has 8 aromatic rings. The smallest absolute Gasteiger partial charge is 0.186 e. The molecule has 0 spiro atoms. The van der Waals surface area contributed by atoms with Crippen molar-refractivity contribution in [1.29, 1.82) is 0 Å². The predicted octanol–water partition coefficient (Wildman–Crippen LogP) is 11.6. The molecule has 1 aliphatic heterocycles. The standard InChI is InChI=1S/C42H26O3/c1-3-9-27(10-4-1)32-21-33(28-11-5-2-6-12-28)23-34(22-32)31-17-20-42-38(26-31)37-25-30(16-19-41(37)44-45-42)29-15-18-40-36(24-29)35-13-7-8-14-39(35)43-40/h1-26H. The van der Waals surface area contributed by atoms with Gasteiger partial charge >= 0.3 is 0 Å². The van der Waals surface area contributed by atoms with E-state index in [1.165, 1.54) is 22.3 Å². The second-order valence-corrected chi connectivity index (χ2v) is 11.4. The molecule has 45 heavy (non-hydrogen) atoms. The van der Waals surface area contributed by atoms with Crippen LogP contribution in [-0.2, 0) is 0 Å². The van der Waals surface area contributed by atoms with Crippen molar-refractivity contribution in [2.75, 3.05) is 0 Å². The molecule has 2 heterocycles. The lowest BCUT2D eigenvalue weighted by atomic mass is 9.91. The van der Waals surface area contributed by atoms with Crippen molar-refractivity contribution in [1.82, 2.24) is 0 Å². The molecule has 0 N–H and O–H groups in total. The van der Waals surface area contributed by atoms with E-state index in [2.05, 4.69) is 127 Å². The number of furan rings is 1. The molecule has 212 valence electrons. The Balaban J connectivity index is 1.17. The Bertz CT molecular complexity index is 2310. The van der Waals surface area contributed by atoms with Gasteiger partial charge in [-0.3, -0.25) is 9.78 Å². The number of hydrogen-bond acceptors (Lipinski definition) is 3. The van der Waals surface area contributed by atoms with E-state index < -0.39 is 0 Å². The van der Waals surface area contributed by atoms with Gasteiger partial charge in [0.1, 0.15) is 11.2 Å². The third-order valence-corrected chi connectivity index (χ3v) is 8.66. The zero-order valence-electron chi connectivity index (χ0n) is 24.2. The molecule has 0 saturated carbocycles.